The quantitative estimate of drug-likeness (QED) is 0.866. The molecule has 22 heavy (non-hydrogen) atoms. The van der Waals surface area contributed by atoms with Gasteiger partial charge in [0.15, 0.2) is 6.10 Å². The molecule has 1 aromatic rings. The Morgan fingerprint density at radius 3 is 2.95 bits per heavy atom. The second-order valence-electron chi connectivity index (χ2n) is 5.52. The van der Waals surface area contributed by atoms with Crippen molar-refractivity contribution in [3.63, 3.8) is 0 Å². The van der Waals surface area contributed by atoms with Crippen LogP contribution >= 0.6 is 0 Å². The molecule has 2 aliphatic rings. The smallest absolute Gasteiger partial charge is 0.384 e. The van der Waals surface area contributed by atoms with Crippen LogP contribution in [0.5, 0.6) is 0 Å². The van der Waals surface area contributed by atoms with E-state index in [0.29, 0.717) is 5.56 Å². The molecule has 0 aromatic heterocycles. The SMILES string of the molecule is O=C(c1cccc2c1NCCC2)N1CCO[C@H](C(F)(F)F)C1. The number of rotatable bonds is 1. The average Bonchev–Trinajstić information content (AvgIpc) is 2.53. The minimum Gasteiger partial charge on any atom is -0.384 e. The van der Waals surface area contributed by atoms with Crippen LogP contribution in [0.15, 0.2) is 18.2 Å². The molecule has 1 N–H and O–H groups in total. The number of benzene rings is 1. The minimum atomic E-state index is -4.45. The van der Waals surface area contributed by atoms with Crippen molar-refractivity contribution in [3.8, 4) is 0 Å². The van der Waals surface area contributed by atoms with E-state index >= 15 is 0 Å². The number of fused-ring (bicyclic) bond motifs is 1. The summed E-state index contributed by atoms with van der Waals surface area (Å²) >= 11 is 0. The van der Waals surface area contributed by atoms with Gasteiger partial charge in [-0.25, -0.2) is 0 Å². The van der Waals surface area contributed by atoms with E-state index in [1.165, 1.54) is 4.90 Å². The van der Waals surface area contributed by atoms with Crippen molar-refractivity contribution < 1.29 is 22.7 Å². The third kappa shape index (κ3) is 2.90. The van der Waals surface area contributed by atoms with E-state index in [1.807, 2.05) is 6.07 Å². The van der Waals surface area contributed by atoms with Crippen LogP contribution in [0, 0.1) is 0 Å². The van der Waals surface area contributed by atoms with Gasteiger partial charge in [0.05, 0.1) is 24.4 Å². The number of aryl methyl sites for hydroxylation is 1. The molecule has 4 nitrogen and oxygen atoms in total. The Hall–Kier alpha value is -1.76. The number of halogens is 3. The fraction of sp³-hybridized carbons (Fsp3) is 0.533. The number of hydrogen-bond acceptors (Lipinski definition) is 3. The number of hydrogen-bond donors (Lipinski definition) is 1. The lowest BCUT2D eigenvalue weighted by molar-refractivity contribution is -0.233. The second kappa shape index (κ2) is 5.79. The van der Waals surface area contributed by atoms with Gasteiger partial charge >= 0.3 is 6.18 Å². The number of amides is 1. The van der Waals surface area contributed by atoms with Crippen LogP contribution in [0.2, 0.25) is 0 Å². The number of carbonyl (C=O) groups excluding carboxylic acids is 1. The summed E-state index contributed by atoms with van der Waals surface area (Å²) in [4.78, 5) is 13.8. The number of para-hydroxylation sites is 1. The predicted octanol–water partition coefficient (Wildman–Crippen LogP) is 2.45. The van der Waals surface area contributed by atoms with E-state index in [4.69, 9.17) is 4.74 Å². The second-order valence-corrected chi connectivity index (χ2v) is 5.52. The summed E-state index contributed by atoms with van der Waals surface area (Å²) in [6.45, 7) is 0.394. The molecule has 7 heteroatoms. The molecule has 1 aromatic carbocycles. The highest BCUT2D eigenvalue weighted by Crippen LogP contribution is 2.29. The van der Waals surface area contributed by atoms with Gasteiger partial charge < -0.3 is 15.0 Å². The lowest BCUT2D eigenvalue weighted by Crippen LogP contribution is -2.51. The van der Waals surface area contributed by atoms with Gasteiger partial charge in [0.2, 0.25) is 0 Å². The van der Waals surface area contributed by atoms with Crippen molar-refractivity contribution in [2.24, 2.45) is 0 Å². The molecule has 120 valence electrons. The van der Waals surface area contributed by atoms with Crippen molar-refractivity contribution in [3.05, 3.63) is 29.3 Å². The average molecular weight is 314 g/mol. The van der Waals surface area contributed by atoms with E-state index in [0.717, 1.165) is 30.6 Å². The van der Waals surface area contributed by atoms with Crippen LogP contribution < -0.4 is 5.32 Å². The largest absolute Gasteiger partial charge is 0.416 e. The van der Waals surface area contributed by atoms with Gasteiger partial charge in [-0.1, -0.05) is 12.1 Å². The fourth-order valence-corrected chi connectivity index (χ4v) is 2.89. The summed E-state index contributed by atoms with van der Waals surface area (Å²) in [7, 11) is 0. The molecule has 0 spiro atoms. The lowest BCUT2D eigenvalue weighted by atomic mass is 9.98. The first-order valence-corrected chi connectivity index (χ1v) is 7.30. The van der Waals surface area contributed by atoms with Crippen LogP contribution in [0.3, 0.4) is 0 Å². The van der Waals surface area contributed by atoms with Crippen molar-refractivity contribution in [2.75, 3.05) is 31.6 Å². The molecule has 0 unspecified atom stereocenters. The van der Waals surface area contributed by atoms with Crippen LogP contribution in [-0.2, 0) is 11.2 Å². The number of morpholine rings is 1. The van der Waals surface area contributed by atoms with Gasteiger partial charge in [-0.05, 0) is 24.5 Å². The fourth-order valence-electron chi connectivity index (χ4n) is 2.89. The monoisotopic (exact) mass is 314 g/mol. The molecule has 0 saturated carbocycles. The number of carbonyl (C=O) groups is 1. The van der Waals surface area contributed by atoms with Gasteiger partial charge in [-0.3, -0.25) is 4.79 Å². The molecule has 0 bridgehead atoms. The molecule has 2 aliphatic heterocycles. The summed E-state index contributed by atoms with van der Waals surface area (Å²) in [6.07, 6.45) is -4.50. The minimum absolute atomic E-state index is 0.0988. The van der Waals surface area contributed by atoms with E-state index in [-0.39, 0.29) is 19.1 Å². The Labute approximate surface area is 126 Å². The first kappa shape index (κ1) is 15.1. The van der Waals surface area contributed by atoms with Crippen molar-refractivity contribution in [1.29, 1.82) is 0 Å². The number of ether oxygens (including phenoxy) is 1. The van der Waals surface area contributed by atoms with E-state index in [9.17, 15) is 18.0 Å². The van der Waals surface area contributed by atoms with Crippen LogP contribution in [0.25, 0.3) is 0 Å². The number of nitrogens with one attached hydrogen (secondary N) is 1. The van der Waals surface area contributed by atoms with Gasteiger partial charge in [0, 0.05) is 13.1 Å². The Bertz CT molecular complexity index is 574. The standard InChI is InChI=1S/C15H17F3N2O2/c16-15(17,18)12-9-20(7-8-22-12)14(21)11-5-1-3-10-4-2-6-19-13(10)11/h1,3,5,12,19H,2,4,6-9H2/t12-/m0/s1. The third-order valence-corrected chi connectivity index (χ3v) is 4.02. The molecular formula is C15H17F3N2O2. The first-order chi connectivity index (χ1) is 10.5. The Kier molecular flexibility index (Phi) is 3.99. The zero-order valence-corrected chi connectivity index (χ0v) is 11.9. The highest BCUT2D eigenvalue weighted by Gasteiger charge is 2.44. The summed E-state index contributed by atoms with van der Waals surface area (Å²) in [6, 6.07) is 5.38. The summed E-state index contributed by atoms with van der Waals surface area (Å²) in [5.41, 5.74) is 2.24. The Morgan fingerprint density at radius 1 is 1.36 bits per heavy atom. The molecule has 0 radical (unpaired) electrons. The molecule has 1 fully saturated rings. The van der Waals surface area contributed by atoms with Gasteiger partial charge in [-0.15, -0.1) is 0 Å². The molecule has 1 amide bonds. The zero-order valence-electron chi connectivity index (χ0n) is 11.9. The van der Waals surface area contributed by atoms with Crippen molar-refractivity contribution in [2.45, 2.75) is 25.1 Å². The van der Waals surface area contributed by atoms with Crippen LogP contribution in [-0.4, -0.2) is 49.3 Å². The van der Waals surface area contributed by atoms with Crippen LogP contribution in [0.1, 0.15) is 22.3 Å². The molecule has 1 atom stereocenters. The predicted molar refractivity (Wildman–Crippen MR) is 75.0 cm³/mol. The zero-order chi connectivity index (χ0) is 15.7. The van der Waals surface area contributed by atoms with Gasteiger partial charge in [0.25, 0.3) is 5.91 Å². The summed E-state index contributed by atoms with van der Waals surface area (Å²) < 4.78 is 43.1. The van der Waals surface area contributed by atoms with E-state index in [2.05, 4.69) is 5.32 Å². The maximum Gasteiger partial charge on any atom is 0.416 e. The third-order valence-electron chi connectivity index (χ3n) is 4.02. The molecule has 2 heterocycles. The highest BCUT2D eigenvalue weighted by molar-refractivity contribution is 6.00. The number of anilines is 1. The molecule has 3 rings (SSSR count). The summed E-state index contributed by atoms with van der Waals surface area (Å²) in [5, 5.41) is 3.19. The maximum absolute atomic E-state index is 12.8. The van der Waals surface area contributed by atoms with Crippen molar-refractivity contribution in [1.82, 2.24) is 4.90 Å². The summed E-state index contributed by atoms with van der Waals surface area (Å²) in [5.74, 6) is -0.371. The number of alkyl halides is 3. The van der Waals surface area contributed by atoms with Gasteiger partial charge in [-0.2, -0.15) is 13.2 Å². The highest BCUT2D eigenvalue weighted by atomic mass is 19.4. The van der Waals surface area contributed by atoms with Crippen molar-refractivity contribution >= 4 is 11.6 Å². The molecule has 1 saturated heterocycles. The molecular weight excluding hydrogens is 297 g/mol. The maximum atomic E-state index is 12.8. The topological polar surface area (TPSA) is 41.6 Å². The number of nitrogens with zero attached hydrogens (tertiary/aromatic N) is 1. The van der Waals surface area contributed by atoms with Crippen LogP contribution in [0.4, 0.5) is 18.9 Å². The molecule has 0 aliphatic carbocycles. The first-order valence-electron chi connectivity index (χ1n) is 7.30. The van der Waals surface area contributed by atoms with E-state index < -0.39 is 18.8 Å². The Morgan fingerprint density at radius 2 is 2.18 bits per heavy atom. The van der Waals surface area contributed by atoms with Gasteiger partial charge in [0.1, 0.15) is 0 Å². The lowest BCUT2D eigenvalue weighted by Gasteiger charge is -2.34. The van der Waals surface area contributed by atoms with E-state index in [1.54, 1.807) is 12.1 Å². The Balaban J connectivity index is 1.82. The normalized spacial score (nSPS) is 22.0.